The van der Waals surface area contributed by atoms with Crippen LogP contribution in [0.5, 0.6) is 5.75 Å². The summed E-state index contributed by atoms with van der Waals surface area (Å²) in [7, 11) is 0. The number of benzene rings is 3. The molecule has 0 bridgehead atoms. The largest absolute Gasteiger partial charge is 0.494 e. The number of carbonyl (C=O) groups excluding carboxylic acids is 1. The van der Waals surface area contributed by atoms with Crippen molar-refractivity contribution in [1.29, 1.82) is 0 Å². The summed E-state index contributed by atoms with van der Waals surface area (Å²) in [6.45, 7) is 5.13. The zero-order valence-electron chi connectivity index (χ0n) is 19.2. The monoisotopic (exact) mass is 462 g/mol. The van der Waals surface area contributed by atoms with Crippen molar-refractivity contribution < 1.29 is 19.0 Å². The number of carbonyl (C=O) groups is 1. The van der Waals surface area contributed by atoms with Gasteiger partial charge in [-0.2, -0.15) is 0 Å². The van der Waals surface area contributed by atoms with Crippen LogP contribution in [-0.2, 0) is 20.7 Å². The van der Waals surface area contributed by atoms with E-state index in [4.69, 9.17) is 14.2 Å². The summed E-state index contributed by atoms with van der Waals surface area (Å²) in [6, 6.07) is 25.2. The molecule has 1 aliphatic rings. The molecule has 1 unspecified atom stereocenters. The SMILES string of the molecule is CCOC(=O)C(Cc1ccc(OCCC2c3ccccc3Sc3ccccc32)cc1)OCC. The average Bonchev–Trinajstić information content (AvgIpc) is 2.84. The van der Waals surface area contributed by atoms with Crippen molar-refractivity contribution in [1.82, 2.24) is 0 Å². The third-order valence-electron chi connectivity index (χ3n) is 5.75. The molecule has 1 heterocycles. The van der Waals surface area contributed by atoms with Gasteiger partial charge in [0.05, 0.1) is 13.2 Å². The lowest BCUT2D eigenvalue weighted by atomic mass is 9.88. The van der Waals surface area contributed by atoms with Crippen LogP contribution < -0.4 is 4.74 Å². The van der Waals surface area contributed by atoms with Gasteiger partial charge in [0.15, 0.2) is 6.10 Å². The Bertz CT molecular complexity index is 1020. The van der Waals surface area contributed by atoms with Gasteiger partial charge in [-0.05, 0) is 61.2 Å². The van der Waals surface area contributed by atoms with Crippen LogP contribution in [0.2, 0.25) is 0 Å². The second-order valence-corrected chi connectivity index (χ2v) is 9.00. The molecule has 0 amide bonds. The lowest BCUT2D eigenvalue weighted by Crippen LogP contribution is -2.28. The molecule has 4 nitrogen and oxygen atoms in total. The second-order valence-electron chi connectivity index (χ2n) is 7.91. The predicted octanol–water partition coefficient (Wildman–Crippen LogP) is 6.26. The summed E-state index contributed by atoms with van der Waals surface area (Å²) in [5.74, 6) is 0.843. The highest BCUT2D eigenvalue weighted by Crippen LogP contribution is 2.46. The van der Waals surface area contributed by atoms with Crippen LogP contribution >= 0.6 is 11.8 Å². The molecule has 0 spiro atoms. The predicted molar refractivity (Wildman–Crippen MR) is 131 cm³/mol. The van der Waals surface area contributed by atoms with E-state index in [1.54, 1.807) is 6.92 Å². The van der Waals surface area contributed by atoms with E-state index in [2.05, 4.69) is 48.5 Å². The van der Waals surface area contributed by atoms with E-state index in [-0.39, 0.29) is 5.97 Å². The Morgan fingerprint density at radius 3 is 2.12 bits per heavy atom. The minimum atomic E-state index is -0.578. The van der Waals surface area contributed by atoms with E-state index in [0.717, 1.165) is 17.7 Å². The molecule has 0 N–H and O–H groups in total. The number of hydrogen-bond donors (Lipinski definition) is 0. The average molecular weight is 463 g/mol. The normalized spacial score (nSPS) is 13.6. The summed E-state index contributed by atoms with van der Waals surface area (Å²) >= 11 is 1.85. The molecule has 3 aromatic carbocycles. The highest BCUT2D eigenvalue weighted by Gasteiger charge is 2.25. The molecule has 0 aliphatic carbocycles. The van der Waals surface area contributed by atoms with Gasteiger partial charge < -0.3 is 14.2 Å². The van der Waals surface area contributed by atoms with Crippen LogP contribution in [0.3, 0.4) is 0 Å². The molecule has 0 radical (unpaired) electrons. The summed E-state index contributed by atoms with van der Waals surface area (Å²) in [5, 5.41) is 0. The number of hydrogen-bond acceptors (Lipinski definition) is 5. The number of rotatable bonds is 10. The maximum atomic E-state index is 12.1. The van der Waals surface area contributed by atoms with Crippen LogP contribution in [-0.4, -0.2) is 31.9 Å². The molecule has 0 aromatic heterocycles. The molecular weight excluding hydrogens is 432 g/mol. The Morgan fingerprint density at radius 1 is 0.879 bits per heavy atom. The minimum absolute atomic E-state index is 0.314. The Morgan fingerprint density at radius 2 is 1.52 bits per heavy atom. The molecule has 33 heavy (non-hydrogen) atoms. The molecular formula is C28H30O4S. The third kappa shape index (κ3) is 5.79. The Labute approximate surface area is 200 Å². The van der Waals surface area contributed by atoms with E-state index in [1.807, 2.05) is 43.0 Å². The molecule has 3 aromatic rings. The first-order valence-corrected chi connectivity index (χ1v) is 12.4. The van der Waals surface area contributed by atoms with Crippen molar-refractivity contribution >= 4 is 17.7 Å². The fourth-order valence-electron chi connectivity index (χ4n) is 4.20. The maximum Gasteiger partial charge on any atom is 0.335 e. The quantitative estimate of drug-likeness (QED) is 0.333. The van der Waals surface area contributed by atoms with Crippen LogP contribution in [0.1, 0.15) is 42.9 Å². The van der Waals surface area contributed by atoms with Crippen molar-refractivity contribution in [2.45, 2.75) is 48.5 Å². The second kappa shape index (κ2) is 11.4. The Kier molecular flexibility index (Phi) is 8.08. The van der Waals surface area contributed by atoms with Gasteiger partial charge in [-0.25, -0.2) is 4.79 Å². The van der Waals surface area contributed by atoms with E-state index in [1.165, 1.54) is 20.9 Å². The van der Waals surface area contributed by atoms with Crippen LogP contribution in [0.25, 0.3) is 0 Å². The molecule has 5 heteroatoms. The van der Waals surface area contributed by atoms with Gasteiger partial charge in [-0.15, -0.1) is 0 Å². The van der Waals surface area contributed by atoms with E-state index >= 15 is 0 Å². The molecule has 4 rings (SSSR count). The van der Waals surface area contributed by atoms with E-state index in [9.17, 15) is 4.79 Å². The lowest BCUT2D eigenvalue weighted by Gasteiger charge is -2.27. The van der Waals surface area contributed by atoms with Gasteiger partial charge >= 0.3 is 5.97 Å². The van der Waals surface area contributed by atoms with Crippen molar-refractivity contribution in [3.8, 4) is 5.75 Å². The Hall–Kier alpha value is -2.76. The van der Waals surface area contributed by atoms with Gasteiger partial charge in [0, 0.05) is 28.7 Å². The van der Waals surface area contributed by atoms with Crippen LogP contribution in [0, 0.1) is 0 Å². The van der Waals surface area contributed by atoms with E-state index < -0.39 is 6.10 Å². The maximum absolute atomic E-state index is 12.1. The van der Waals surface area contributed by atoms with Gasteiger partial charge in [0.1, 0.15) is 5.75 Å². The Balaban J connectivity index is 1.37. The van der Waals surface area contributed by atoms with Crippen molar-refractivity contribution in [2.75, 3.05) is 19.8 Å². The zero-order chi connectivity index (χ0) is 23.0. The topological polar surface area (TPSA) is 44.8 Å². The summed E-state index contributed by atoms with van der Waals surface area (Å²) in [5.41, 5.74) is 3.77. The number of esters is 1. The van der Waals surface area contributed by atoms with Gasteiger partial charge in [-0.3, -0.25) is 0 Å². The fraction of sp³-hybridized carbons (Fsp3) is 0.321. The standard InChI is InChI=1S/C28H30O4S/c1-3-30-25(28(29)31-4-2)19-20-13-15-21(16-14-20)32-18-17-22-23-9-5-7-11-26(23)33-27-12-8-6-10-24(22)27/h5-16,22,25H,3-4,17-19H2,1-2H3. The number of fused-ring (bicyclic) bond motifs is 2. The third-order valence-corrected chi connectivity index (χ3v) is 6.93. The first-order valence-electron chi connectivity index (χ1n) is 11.5. The molecule has 1 aliphatic heterocycles. The molecule has 1 atom stereocenters. The van der Waals surface area contributed by atoms with Crippen molar-refractivity contribution in [3.05, 3.63) is 89.5 Å². The van der Waals surface area contributed by atoms with Gasteiger partial charge in [-0.1, -0.05) is 60.3 Å². The fourth-order valence-corrected chi connectivity index (χ4v) is 5.38. The smallest absolute Gasteiger partial charge is 0.335 e. The first kappa shape index (κ1) is 23.4. The van der Waals surface area contributed by atoms with Crippen molar-refractivity contribution in [3.63, 3.8) is 0 Å². The highest BCUT2D eigenvalue weighted by atomic mass is 32.2. The van der Waals surface area contributed by atoms with E-state index in [0.29, 0.717) is 32.2 Å². The molecule has 0 saturated carbocycles. The summed E-state index contributed by atoms with van der Waals surface area (Å²) in [6.07, 6.45) is 0.817. The lowest BCUT2D eigenvalue weighted by molar-refractivity contribution is -0.156. The molecule has 0 saturated heterocycles. The first-order chi connectivity index (χ1) is 16.2. The van der Waals surface area contributed by atoms with Crippen molar-refractivity contribution in [2.24, 2.45) is 0 Å². The highest BCUT2D eigenvalue weighted by molar-refractivity contribution is 7.99. The van der Waals surface area contributed by atoms with Crippen LogP contribution in [0.15, 0.2) is 82.6 Å². The number of ether oxygens (including phenoxy) is 3. The minimum Gasteiger partial charge on any atom is -0.494 e. The summed E-state index contributed by atoms with van der Waals surface area (Å²) < 4.78 is 16.8. The molecule has 0 fully saturated rings. The zero-order valence-corrected chi connectivity index (χ0v) is 20.0. The van der Waals surface area contributed by atoms with Crippen LogP contribution in [0.4, 0.5) is 0 Å². The van der Waals surface area contributed by atoms with Gasteiger partial charge in [0.2, 0.25) is 0 Å². The summed E-state index contributed by atoms with van der Waals surface area (Å²) in [4.78, 5) is 14.8. The molecule has 172 valence electrons. The van der Waals surface area contributed by atoms with Gasteiger partial charge in [0.25, 0.3) is 0 Å².